The number of nitrogens with one attached hydrogen (secondary N) is 2. The topological polar surface area (TPSA) is 54.1 Å². The highest BCUT2D eigenvalue weighted by Crippen LogP contribution is 2.17. The van der Waals surface area contributed by atoms with Gasteiger partial charge in [0.05, 0.1) is 12.6 Å². The molecule has 1 aromatic heterocycles. The third-order valence-corrected chi connectivity index (χ3v) is 3.32. The molecule has 0 spiro atoms. The summed E-state index contributed by atoms with van der Waals surface area (Å²) in [5.41, 5.74) is 1.08. The van der Waals surface area contributed by atoms with E-state index in [4.69, 9.17) is 4.74 Å². The number of fused-ring (bicyclic) bond motifs is 1. The van der Waals surface area contributed by atoms with Crippen LogP contribution in [0.1, 0.15) is 23.3 Å². The molecule has 1 atom stereocenters. The molecular weight excluding hydrogens is 247 g/mol. The van der Waals surface area contributed by atoms with Crippen LogP contribution < -0.4 is 5.32 Å². The third kappa shape index (κ3) is 2.61. The van der Waals surface area contributed by atoms with Crippen molar-refractivity contribution in [2.45, 2.75) is 18.9 Å². The standard InChI is InChI=1S/C14H15FN2O2/c15-10-4-3-9-6-13(17-12(9)7-10)14(18)16-11-2-1-5-19-8-11/h3-4,6-7,11,17H,1-2,5,8H2,(H,16,18). The zero-order valence-electron chi connectivity index (χ0n) is 10.4. The van der Waals surface area contributed by atoms with Crippen LogP contribution in [-0.4, -0.2) is 30.1 Å². The van der Waals surface area contributed by atoms with Gasteiger partial charge >= 0.3 is 0 Å². The van der Waals surface area contributed by atoms with E-state index < -0.39 is 0 Å². The number of hydrogen-bond donors (Lipinski definition) is 2. The molecule has 1 aromatic carbocycles. The van der Waals surface area contributed by atoms with Gasteiger partial charge in [0.1, 0.15) is 11.5 Å². The highest BCUT2D eigenvalue weighted by atomic mass is 19.1. The first-order chi connectivity index (χ1) is 9.22. The lowest BCUT2D eigenvalue weighted by atomic mass is 10.1. The van der Waals surface area contributed by atoms with Gasteiger partial charge in [-0.05, 0) is 37.1 Å². The molecule has 3 rings (SSSR count). The van der Waals surface area contributed by atoms with E-state index >= 15 is 0 Å². The minimum atomic E-state index is -0.318. The quantitative estimate of drug-likeness (QED) is 0.872. The van der Waals surface area contributed by atoms with Gasteiger partial charge in [-0.15, -0.1) is 0 Å². The van der Waals surface area contributed by atoms with E-state index in [2.05, 4.69) is 10.3 Å². The van der Waals surface area contributed by atoms with Crippen LogP contribution in [0.4, 0.5) is 4.39 Å². The van der Waals surface area contributed by atoms with Crippen molar-refractivity contribution in [3.63, 3.8) is 0 Å². The normalized spacial score (nSPS) is 19.5. The number of carbonyl (C=O) groups excluding carboxylic acids is 1. The molecule has 19 heavy (non-hydrogen) atoms. The molecular formula is C14H15FN2O2. The predicted octanol–water partition coefficient (Wildman–Crippen LogP) is 2.22. The summed E-state index contributed by atoms with van der Waals surface area (Å²) in [7, 11) is 0. The monoisotopic (exact) mass is 262 g/mol. The molecule has 2 N–H and O–H groups in total. The molecule has 100 valence electrons. The Morgan fingerprint density at radius 2 is 2.32 bits per heavy atom. The molecule has 0 saturated carbocycles. The molecule has 5 heteroatoms. The van der Waals surface area contributed by atoms with Crippen molar-refractivity contribution in [2.24, 2.45) is 0 Å². The zero-order valence-corrected chi connectivity index (χ0v) is 10.4. The predicted molar refractivity (Wildman–Crippen MR) is 69.6 cm³/mol. The van der Waals surface area contributed by atoms with Crippen molar-refractivity contribution in [1.82, 2.24) is 10.3 Å². The SMILES string of the molecule is O=C(NC1CCCOC1)c1cc2ccc(F)cc2[nH]1. The Morgan fingerprint density at radius 3 is 3.11 bits per heavy atom. The number of hydrogen-bond acceptors (Lipinski definition) is 2. The molecule has 2 aromatic rings. The third-order valence-electron chi connectivity index (χ3n) is 3.32. The van der Waals surface area contributed by atoms with Crippen LogP contribution in [0.25, 0.3) is 10.9 Å². The summed E-state index contributed by atoms with van der Waals surface area (Å²) in [6, 6.07) is 6.21. The Bertz CT molecular complexity index is 603. The molecule has 1 aliphatic heterocycles. The molecule has 0 bridgehead atoms. The number of aromatic nitrogens is 1. The van der Waals surface area contributed by atoms with Gasteiger partial charge in [-0.25, -0.2) is 4.39 Å². The molecule has 0 aliphatic carbocycles. The molecule has 0 radical (unpaired) electrons. The number of rotatable bonds is 2. The lowest BCUT2D eigenvalue weighted by molar-refractivity contribution is 0.0622. The van der Waals surface area contributed by atoms with Crippen LogP contribution in [0.5, 0.6) is 0 Å². The summed E-state index contributed by atoms with van der Waals surface area (Å²) in [6.07, 6.45) is 1.89. The number of amides is 1. The van der Waals surface area contributed by atoms with Crippen LogP contribution in [0, 0.1) is 5.82 Å². The van der Waals surface area contributed by atoms with Gasteiger partial charge in [0.2, 0.25) is 0 Å². The summed E-state index contributed by atoms with van der Waals surface area (Å²) in [6.45, 7) is 1.32. The Hall–Kier alpha value is -1.88. The maximum Gasteiger partial charge on any atom is 0.268 e. The van der Waals surface area contributed by atoms with Crippen LogP contribution >= 0.6 is 0 Å². The first-order valence-corrected chi connectivity index (χ1v) is 6.39. The van der Waals surface area contributed by atoms with Crippen LogP contribution in [0.15, 0.2) is 24.3 Å². The van der Waals surface area contributed by atoms with Crippen LogP contribution in [0.2, 0.25) is 0 Å². The van der Waals surface area contributed by atoms with Gasteiger partial charge in [-0.1, -0.05) is 0 Å². The van der Waals surface area contributed by atoms with E-state index in [0.717, 1.165) is 24.8 Å². The lowest BCUT2D eigenvalue weighted by Crippen LogP contribution is -2.40. The van der Waals surface area contributed by atoms with Gasteiger partial charge in [-0.3, -0.25) is 4.79 Å². The fourth-order valence-corrected chi connectivity index (χ4v) is 2.34. The maximum absolute atomic E-state index is 13.1. The maximum atomic E-state index is 13.1. The average molecular weight is 262 g/mol. The van der Waals surface area contributed by atoms with Gasteiger partial charge in [0.15, 0.2) is 0 Å². The largest absolute Gasteiger partial charge is 0.379 e. The molecule has 1 fully saturated rings. The van der Waals surface area contributed by atoms with E-state index in [9.17, 15) is 9.18 Å². The number of halogens is 1. The van der Waals surface area contributed by atoms with Crippen molar-refractivity contribution < 1.29 is 13.9 Å². The fourth-order valence-electron chi connectivity index (χ4n) is 2.34. The van der Waals surface area contributed by atoms with Gasteiger partial charge in [0.25, 0.3) is 5.91 Å². The van der Waals surface area contributed by atoms with E-state index in [1.807, 2.05) is 0 Å². The summed E-state index contributed by atoms with van der Waals surface area (Å²) in [5, 5.41) is 3.75. The average Bonchev–Trinajstić information content (AvgIpc) is 2.83. The van der Waals surface area contributed by atoms with Gasteiger partial charge in [0, 0.05) is 17.5 Å². The molecule has 1 unspecified atom stereocenters. The summed E-state index contributed by atoms with van der Waals surface area (Å²) in [4.78, 5) is 15.0. The van der Waals surface area contributed by atoms with Gasteiger partial charge < -0.3 is 15.0 Å². The number of H-pyrrole nitrogens is 1. The van der Waals surface area contributed by atoms with Crippen LogP contribution in [0.3, 0.4) is 0 Å². The minimum Gasteiger partial charge on any atom is -0.379 e. The molecule has 1 aliphatic rings. The Kier molecular flexibility index (Phi) is 3.21. The second kappa shape index (κ2) is 5.01. The summed E-state index contributed by atoms with van der Waals surface area (Å²) >= 11 is 0. The molecule has 4 nitrogen and oxygen atoms in total. The second-order valence-electron chi connectivity index (χ2n) is 4.80. The van der Waals surface area contributed by atoms with E-state index in [1.165, 1.54) is 12.1 Å². The Labute approximate surface area is 109 Å². The number of benzene rings is 1. The fraction of sp³-hybridized carbons (Fsp3) is 0.357. The van der Waals surface area contributed by atoms with E-state index in [-0.39, 0.29) is 17.8 Å². The van der Waals surface area contributed by atoms with E-state index in [0.29, 0.717) is 17.8 Å². The molecule has 1 amide bonds. The summed E-state index contributed by atoms with van der Waals surface area (Å²) in [5.74, 6) is -0.492. The highest BCUT2D eigenvalue weighted by Gasteiger charge is 2.18. The first kappa shape index (κ1) is 12.2. The van der Waals surface area contributed by atoms with Gasteiger partial charge in [-0.2, -0.15) is 0 Å². The van der Waals surface area contributed by atoms with Crippen molar-refractivity contribution in [3.8, 4) is 0 Å². The first-order valence-electron chi connectivity index (χ1n) is 6.39. The van der Waals surface area contributed by atoms with Crippen molar-refractivity contribution in [3.05, 3.63) is 35.8 Å². The molecule has 1 saturated heterocycles. The molecule has 2 heterocycles. The zero-order chi connectivity index (χ0) is 13.2. The number of aromatic amines is 1. The minimum absolute atomic E-state index is 0.0596. The van der Waals surface area contributed by atoms with Crippen molar-refractivity contribution >= 4 is 16.8 Å². The second-order valence-corrected chi connectivity index (χ2v) is 4.80. The lowest BCUT2D eigenvalue weighted by Gasteiger charge is -2.22. The number of carbonyl (C=O) groups is 1. The van der Waals surface area contributed by atoms with Crippen molar-refractivity contribution in [1.29, 1.82) is 0 Å². The Morgan fingerprint density at radius 1 is 1.42 bits per heavy atom. The van der Waals surface area contributed by atoms with Crippen LogP contribution in [-0.2, 0) is 4.74 Å². The highest BCUT2D eigenvalue weighted by molar-refractivity contribution is 5.98. The number of ether oxygens (including phenoxy) is 1. The summed E-state index contributed by atoms with van der Waals surface area (Å²) < 4.78 is 18.4. The smallest absolute Gasteiger partial charge is 0.268 e. The Balaban J connectivity index is 1.77. The van der Waals surface area contributed by atoms with E-state index in [1.54, 1.807) is 12.1 Å². The van der Waals surface area contributed by atoms with Crippen molar-refractivity contribution in [2.75, 3.05) is 13.2 Å².